The Morgan fingerprint density at radius 3 is 2.93 bits per heavy atom. The van der Waals surface area contributed by atoms with Crippen molar-refractivity contribution < 1.29 is 9.90 Å². The molecule has 0 amide bonds. The van der Waals surface area contributed by atoms with Crippen molar-refractivity contribution in [3.8, 4) is 0 Å². The Hall–Kier alpha value is -0.900. The average molecular weight is 228 g/mol. The van der Waals surface area contributed by atoms with Gasteiger partial charge in [-0.1, -0.05) is 12.1 Å². The molecular weight excluding hydrogens is 214 g/mol. The number of rotatable bonds is 2. The number of nitrogens with one attached hydrogen (secondary N) is 1. The molecule has 0 radical (unpaired) electrons. The first-order chi connectivity index (χ1) is 6.86. The van der Waals surface area contributed by atoms with Gasteiger partial charge in [-0.2, -0.15) is 0 Å². The van der Waals surface area contributed by atoms with Gasteiger partial charge < -0.3 is 10.4 Å². The summed E-state index contributed by atoms with van der Waals surface area (Å²) in [5.74, 6) is 0. The predicted octanol–water partition coefficient (Wildman–Crippen LogP) is 1.06. The lowest BCUT2D eigenvalue weighted by Crippen LogP contribution is -2.25. The lowest BCUT2D eigenvalue weighted by molar-refractivity contribution is 0.111. The van der Waals surface area contributed by atoms with Crippen LogP contribution in [-0.2, 0) is 19.6 Å². The smallest absolute Gasteiger partial charge is 0.150 e. The van der Waals surface area contributed by atoms with E-state index in [2.05, 4.69) is 5.32 Å². The normalized spacial score (nSPS) is 13.9. The molecule has 3 nitrogen and oxygen atoms in total. The van der Waals surface area contributed by atoms with Crippen molar-refractivity contribution >= 4 is 18.7 Å². The molecule has 0 aromatic heterocycles. The van der Waals surface area contributed by atoms with Gasteiger partial charge in [0.25, 0.3) is 0 Å². The minimum Gasteiger partial charge on any atom is -0.392 e. The maximum absolute atomic E-state index is 10.9. The van der Waals surface area contributed by atoms with Gasteiger partial charge in [-0.3, -0.25) is 4.79 Å². The summed E-state index contributed by atoms with van der Waals surface area (Å²) in [7, 11) is 0. The SMILES string of the molecule is Cl.O=Cc1c(CO)ccc2c1CNCC2. The molecule has 0 fully saturated rings. The molecular formula is C11H14ClNO2. The molecule has 1 aromatic carbocycles. The van der Waals surface area contributed by atoms with Crippen LogP contribution in [0.25, 0.3) is 0 Å². The molecule has 2 N–H and O–H groups in total. The summed E-state index contributed by atoms with van der Waals surface area (Å²) >= 11 is 0. The van der Waals surface area contributed by atoms with Crippen molar-refractivity contribution in [2.75, 3.05) is 6.54 Å². The monoisotopic (exact) mass is 227 g/mol. The predicted molar refractivity (Wildman–Crippen MR) is 60.4 cm³/mol. The zero-order valence-electron chi connectivity index (χ0n) is 8.32. The van der Waals surface area contributed by atoms with E-state index in [0.29, 0.717) is 5.56 Å². The van der Waals surface area contributed by atoms with Gasteiger partial charge in [-0.15, -0.1) is 12.4 Å². The highest BCUT2D eigenvalue weighted by Gasteiger charge is 2.14. The van der Waals surface area contributed by atoms with Crippen LogP contribution in [0.5, 0.6) is 0 Å². The third-order valence-electron chi connectivity index (χ3n) is 2.71. The topological polar surface area (TPSA) is 49.3 Å². The molecule has 82 valence electrons. The first-order valence-corrected chi connectivity index (χ1v) is 4.77. The molecule has 1 aliphatic rings. The molecule has 0 bridgehead atoms. The summed E-state index contributed by atoms with van der Waals surface area (Å²) in [5, 5.41) is 12.3. The Bertz CT molecular complexity index is 366. The van der Waals surface area contributed by atoms with E-state index in [1.807, 2.05) is 12.1 Å². The van der Waals surface area contributed by atoms with Gasteiger partial charge in [-0.05, 0) is 29.7 Å². The van der Waals surface area contributed by atoms with E-state index < -0.39 is 0 Å². The molecule has 1 heterocycles. The maximum atomic E-state index is 10.9. The van der Waals surface area contributed by atoms with Crippen LogP contribution in [0, 0.1) is 0 Å². The number of hydrogen-bond donors (Lipinski definition) is 2. The molecule has 1 aliphatic heterocycles. The number of hydrogen-bond acceptors (Lipinski definition) is 3. The fourth-order valence-corrected chi connectivity index (χ4v) is 1.92. The van der Waals surface area contributed by atoms with Crippen LogP contribution in [0.2, 0.25) is 0 Å². The third-order valence-corrected chi connectivity index (χ3v) is 2.71. The van der Waals surface area contributed by atoms with Crippen molar-refractivity contribution in [1.29, 1.82) is 0 Å². The highest BCUT2D eigenvalue weighted by Crippen LogP contribution is 2.20. The van der Waals surface area contributed by atoms with Gasteiger partial charge in [0.15, 0.2) is 6.29 Å². The minimum atomic E-state index is -0.0681. The second kappa shape index (κ2) is 5.26. The van der Waals surface area contributed by atoms with Crippen LogP contribution in [0.1, 0.15) is 27.0 Å². The van der Waals surface area contributed by atoms with Crippen LogP contribution in [0.4, 0.5) is 0 Å². The van der Waals surface area contributed by atoms with Crippen molar-refractivity contribution in [1.82, 2.24) is 5.32 Å². The fourth-order valence-electron chi connectivity index (χ4n) is 1.92. The Morgan fingerprint density at radius 2 is 2.27 bits per heavy atom. The first-order valence-electron chi connectivity index (χ1n) is 4.77. The highest BCUT2D eigenvalue weighted by molar-refractivity contribution is 5.85. The highest BCUT2D eigenvalue weighted by atomic mass is 35.5. The summed E-state index contributed by atoms with van der Waals surface area (Å²) in [6.07, 6.45) is 1.80. The van der Waals surface area contributed by atoms with Crippen LogP contribution >= 0.6 is 12.4 Å². The van der Waals surface area contributed by atoms with Crippen molar-refractivity contribution in [3.05, 3.63) is 34.4 Å². The second-order valence-corrected chi connectivity index (χ2v) is 3.48. The largest absolute Gasteiger partial charge is 0.392 e. The van der Waals surface area contributed by atoms with Gasteiger partial charge >= 0.3 is 0 Å². The molecule has 0 spiro atoms. The van der Waals surface area contributed by atoms with E-state index in [1.165, 1.54) is 5.56 Å². The van der Waals surface area contributed by atoms with Gasteiger partial charge in [0.05, 0.1) is 6.61 Å². The number of aliphatic hydroxyl groups is 1. The Morgan fingerprint density at radius 1 is 1.47 bits per heavy atom. The van der Waals surface area contributed by atoms with E-state index in [4.69, 9.17) is 5.11 Å². The molecule has 0 aliphatic carbocycles. The van der Waals surface area contributed by atoms with Crippen LogP contribution in [0.15, 0.2) is 12.1 Å². The zero-order chi connectivity index (χ0) is 9.97. The van der Waals surface area contributed by atoms with Gasteiger partial charge in [0.1, 0.15) is 0 Å². The lowest BCUT2D eigenvalue weighted by Gasteiger charge is -2.20. The van der Waals surface area contributed by atoms with Crippen LogP contribution < -0.4 is 5.32 Å². The standard InChI is InChI=1S/C11H13NO2.ClH/c13-6-9-2-1-8-3-4-12-5-10(8)11(9)7-14;/h1-2,7,12-13H,3-6H2;1H. The summed E-state index contributed by atoms with van der Waals surface area (Å²) in [5.41, 5.74) is 3.67. The molecule has 0 saturated heterocycles. The number of fused-ring (bicyclic) bond motifs is 1. The molecule has 1 aromatic rings. The van der Waals surface area contributed by atoms with Crippen LogP contribution in [-0.4, -0.2) is 17.9 Å². The number of aliphatic hydroxyl groups excluding tert-OH is 1. The summed E-state index contributed by atoms with van der Waals surface area (Å²) in [4.78, 5) is 10.9. The Kier molecular flexibility index (Phi) is 4.27. The Balaban J connectivity index is 0.00000112. The van der Waals surface area contributed by atoms with E-state index in [9.17, 15) is 4.79 Å². The quantitative estimate of drug-likeness (QED) is 0.743. The number of carbonyl (C=O) groups excluding carboxylic acids is 1. The molecule has 0 unspecified atom stereocenters. The lowest BCUT2D eigenvalue weighted by atomic mass is 9.93. The molecule has 15 heavy (non-hydrogen) atoms. The van der Waals surface area contributed by atoms with E-state index in [1.54, 1.807) is 0 Å². The summed E-state index contributed by atoms with van der Waals surface area (Å²) in [6.45, 7) is 1.63. The molecule has 0 saturated carbocycles. The van der Waals surface area contributed by atoms with E-state index in [-0.39, 0.29) is 19.0 Å². The third kappa shape index (κ3) is 2.20. The molecule has 0 atom stereocenters. The molecule has 4 heteroatoms. The zero-order valence-corrected chi connectivity index (χ0v) is 9.14. The van der Waals surface area contributed by atoms with Gasteiger partial charge in [0, 0.05) is 12.1 Å². The first kappa shape index (κ1) is 12.2. The summed E-state index contributed by atoms with van der Waals surface area (Å²) < 4.78 is 0. The minimum absolute atomic E-state index is 0. The van der Waals surface area contributed by atoms with E-state index >= 15 is 0 Å². The second-order valence-electron chi connectivity index (χ2n) is 3.48. The molecule has 2 rings (SSSR count). The van der Waals surface area contributed by atoms with E-state index in [0.717, 1.165) is 36.9 Å². The number of benzene rings is 1. The van der Waals surface area contributed by atoms with Crippen molar-refractivity contribution in [2.45, 2.75) is 19.6 Å². The number of carbonyl (C=O) groups is 1. The summed E-state index contributed by atoms with van der Waals surface area (Å²) in [6, 6.07) is 3.85. The number of aldehydes is 1. The number of halogens is 1. The van der Waals surface area contributed by atoms with Crippen LogP contribution in [0.3, 0.4) is 0 Å². The fraction of sp³-hybridized carbons (Fsp3) is 0.364. The van der Waals surface area contributed by atoms with Gasteiger partial charge in [-0.25, -0.2) is 0 Å². The van der Waals surface area contributed by atoms with Crippen molar-refractivity contribution in [3.63, 3.8) is 0 Å². The van der Waals surface area contributed by atoms with Gasteiger partial charge in [0.2, 0.25) is 0 Å². The van der Waals surface area contributed by atoms with Crippen molar-refractivity contribution in [2.24, 2.45) is 0 Å². The average Bonchev–Trinajstić information content (AvgIpc) is 2.27. The maximum Gasteiger partial charge on any atom is 0.150 e. The Labute approximate surface area is 94.9 Å².